The zero-order valence-electron chi connectivity index (χ0n) is 23.3. The van der Waals surface area contributed by atoms with Gasteiger partial charge in [-0.1, -0.05) is 0 Å². The summed E-state index contributed by atoms with van der Waals surface area (Å²) in [6.07, 6.45) is -13.3. The number of halogens is 6. The molecular weight excluding hydrogens is 582 g/mol. The molecule has 1 N–H and O–H groups in total. The summed E-state index contributed by atoms with van der Waals surface area (Å²) in [5, 5.41) is 2.48. The minimum Gasteiger partial charge on any atom is -0.493 e. The van der Waals surface area contributed by atoms with Crippen LogP contribution in [0.3, 0.4) is 0 Å². The van der Waals surface area contributed by atoms with E-state index >= 15 is 0 Å². The summed E-state index contributed by atoms with van der Waals surface area (Å²) in [6.45, 7) is 1.84. The molecule has 0 aromatic carbocycles. The molecule has 2 heterocycles. The number of rotatable bonds is 12. The molecule has 10 nitrogen and oxygen atoms in total. The molecule has 1 aromatic heterocycles. The van der Waals surface area contributed by atoms with E-state index in [0.29, 0.717) is 0 Å². The van der Waals surface area contributed by atoms with E-state index in [4.69, 9.17) is 23.7 Å². The maximum Gasteiger partial charge on any atom is 0.389 e. The van der Waals surface area contributed by atoms with Crippen LogP contribution in [-0.4, -0.2) is 79.9 Å². The first kappa shape index (κ1) is 35.1. The van der Waals surface area contributed by atoms with Gasteiger partial charge in [-0.25, -0.2) is 9.78 Å². The first-order valence-electron chi connectivity index (χ1n) is 13.2. The fourth-order valence-corrected chi connectivity index (χ4v) is 4.21. The molecule has 42 heavy (non-hydrogen) atoms. The lowest BCUT2D eigenvalue weighted by atomic mass is 10.0. The second-order valence-electron chi connectivity index (χ2n) is 9.57. The number of hydrogen-bond acceptors (Lipinski definition) is 9. The zero-order valence-corrected chi connectivity index (χ0v) is 23.3. The molecule has 16 heteroatoms. The third kappa shape index (κ3) is 12.0. The average Bonchev–Trinajstić information content (AvgIpc) is 2.92. The summed E-state index contributed by atoms with van der Waals surface area (Å²) >= 11 is 0. The van der Waals surface area contributed by atoms with Gasteiger partial charge in [0.15, 0.2) is 11.4 Å². The highest BCUT2D eigenvalue weighted by Crippen LogP contribution is 2.30. The number of methoxy groups -OCH3 is 1. The maximum absolute atomic E-state index is 13.1. The van der Waals surface area contributed by atoms with Crippen LogP contribution in [0, 0.1) is 0 Å². The van der Waals surface area contributed by atoms with Gasteiger partial charge in [0.1, 0.15) is 18.2 Å². The van der Waals surface area contributed by atoms with Crippen molar-refractivity contribution in [3.05, 3.63) is 18.0 Å². The van der Waals surface area contributed by atoms with Crippen molar-refractivity contribution in [3.8, 4) is 11.5 Å². The van der Waals surface area contributed by atoms with E-state index < -0.39 is 73.8 Å². The first-order valence-corrected chi connectivity index (χ1v) is 13.2. The Morgan fingerprint density at radius 2 is 1.67 bits per heavy atom. The molecule has 1 fully saturated rings. The Bertz CT molecular complexity index is 1050. The van der Waals surface area contributed by atoms with Gasteiger partial charge in [0.05, 0.1) is 13.2 Å². The van der Waals surface area contributed by atoms with Crippen LogP contribution < -0.4 is 14.8 Å². The van der Waals surface area contributed by atoms with Gasteiger partial charge in [0.2, 0.25) is 5.75 Å². The largest absolute Gasteiger partial charge is 0.493 e. The Morgan fingerprint density at radius 3 is 2.24 bits per heavy atom. The van der Waals surface area contributed by atoms with E-state index in [1.54, 1.807) is 0 Å². The molecule has 1 saturated heterocycles. The quantitative estimate of drug-likeness (QED) is 0.203. The second-order valence-corrected chi connectivity index (χ2v) is 9.57. The van der Waals surface area contributed by atoms with Crippen LogP contribution in [0.25, 0.3) is 0 Å². The predicted octanol–water partition coefficient (Wildman–Crippen LogP) is 4.68. The van der Waals surface area contributed by atoms with Crippen molar-refractivity contribution < 1.29 is 64.4 Å². The van der Waals surface area contributed by atoms with Gasteiger partial charge in [0.25, 0.3) is 5.91 Å². The Kier molecular flexibility index (Phi) is 13.3. The molecule has 238 valence electrons. The molecule has 0 aliphatic carbocycles. The summed E-state index contributed by atoms with van der Waals surface area (Å²) in [6, 6.07) is 0.127. The lowest BCUT2D eigenvalue weighted by Gasteiger charge is -2.31. The number of cyclic esters (lactones) is 1. The van der Waals surface area contributed by atoms with Crippen LogP contribution >= 0.6 is 0 Å². The van der Waals surface area contributed by atoms with E-state index in [9.17, 15) is 40.7 Å². The van der Waals surface area contributed by atoms with Crippen LogP contribution in [0.1, 0.15) is 69.3 Å². The molecule has 0 bridgehead atoms. The molecular formula is C26H34F6N2O8. The minimum absolute atomic E-state index is 0.00731. The van der Waals surface area contributed by atoms with Gasteiger partial charge >= 0.3 is 24.3 Å². The van der Waals surface area contributed by atoms with Crippen molar-refractivity contribution in [3.63, 3.8) is 0 Å². The molecule has 0 radical (unpaired) electrons. The summed E-state index contributed by atoms with van der Waals surface area (Å²) in [7, 11) is 1.28. The lowest BCUT2D eigenvalue weighted by Crippen LogP contribution is -2.46. The molecule has 1 aliphatic rings. The number of hydrogen-bond donors (Lipinski definition) is 1. The Labute approximate surface area is 238 Å². The van der Waals surface area contributed by atoms with Crippen molar-refractivity contribution >= 4 is 17.8 Å². The normalized spacial score (nSPS) is 21.9. The molecule has 0 saturated carbocycles. The van der Waals surface area contributed by atoms with Crippen LogP contribution in [0.2, 0.25) is 0 Å². The number of carbonyl (C=O) groups excluding carboxylic acids is 3. The number of pyridine rings is 1. The van der Waals surface area contributed by atoms with Crippen molar-refractivity contribution in [2.75, 3.05) is 20.3 Å². The summed E-state index contributed by atoms with van der Waals surface area (Å²) < 4.78 is 102. The summed E-state index contributed by atoms with van der Waals surface area (Å²) in [5.74, 6) is -2.77. The third-order valence-electron chi connectivity index (χ3n) is 6.10. The van der Waals surface area contributed by atoms with Crippen molar-refractivity contribution in [1.82, 2.24) is 10.3 Å². The third-order valence-corrected chi connectivity index (χ3v) is 6.10. The fraction of sp³-hybridized carbons (Fsp3) is 0.692. The van der Waals surface area contributed by atoms with Gasteiger partial charge < -0.3 is 29.0 Å². The lowest BCUT2D eigenvalue weighted by molar-refractivity contribution is -0.172. The van der Waals surface area contributed by atoms with Crippen molar-refractivity contribution in [1.29, 1.82) is 0 Å². The minimum atomic E-state index is -4.41. The average molecular weight is 617 g/mol. The molecule has 0 unspecified atom stereocenters. The topological polar surface area (TPSA) is 122 Å². The number of alkyl halides is 6. The number of carbonyl (C=O) groups is 3. The highest BCUT2D eigenvalue weighted by Gasteiger charge is 2.37. The van der Waals surface area contributed by atoms with Crippen molar-refractivity contribution in [2.45, 2.75) is 95.5 Å². The molecule has 2 rings (SSSR count). The predicted molar refractivity (Wildman–Crippen MR) is 133 cm³/mol. The van der Waals surface area contributed by atoms with E-state index in [2.05, 4.69) is 10.3 Å². The number of nitrogens with one attached hydrogen (secondary N) is 1. The van der Waals surface area contributed by atoms with E-state index in [0.717, 1.165) is 6.92 Å². The highest BCUT2D eigenvalue weighted by atomic mass is 19.4. The molecule has 4 atom stereocenters. The number of aromatic nitrogens is 1. The maximum atomic E-state index is 13.1. The molecule has 1 amide bonds. The Morgan fingerprint density at radius 1 is 1.05 bits per heavy atom. The van der Waals surface area contributed by atoms with Gasteiger partial charge in [-0.2, -0.15) is 26.3 Å². The van der Waals surface area contributed by atoms with E-state index in [-0.39, 0.29) is 56.1 Å². The monoisotopic (exact) mass is 616 g/mol. The first-order chi connectivity index (χ1) is 19.6. The standard InChI is InChI=1S/C26H34F6N2O8/c1-15-21(40-14-6-11-26(30,31)32)19(39-13-5-10-25(27,28)29)8-4-7-17(24(37)41-15)34-23(36)20-22(42-16(2)35)18(38-3)9-12-33-20/h9,12,15,17,19,21H,4-8,10-11,13-14H2,1-3H3,(H,34,36)/t15-,17-,19-,21-/m0/s1. The summed E-state index contributed by atoms with van der Waals surface area (Å²) in [5.41, 5.74) is -0.345. The smallest absolute Gasteiger partial charge is 0.389 e. The van der Waals surface area contributed by atoms with Gasteiger partial charge in [-0.15, -0.1) is 0 Å². The Balaban J connectivity index is 2.19. The van der Waals surface area contributed by atoms with Crippen LogP contribution in [0.5, 0.6) is 11.5 Å². The molecule has 1 aromatic rings. The van der Waals surface area contributed by atoms with Crippen LogP contribution in [0.4, 0.5) is 26.3 Å². The number of ether oxygens (including phenoxy) is 5. The molecule has 1 aliphatic heterocycles. The van der Waals surface area contributed by atoms with Crippen LogP contribution in [-0.2, 0) is 23.8 Å². The van der Waals surface area contributed by atoms with Crippen molar-refractivity contribution in [2.24, 2.45) is 0 Å². The number of amides is 1. The second kappa shape index (κ2) is 15.9. The summed E-state index contributed by atoms with van der Waals surface area (Å²) in [4.78, 5) is 41.6. The van der Waals surface area contributed by atoms with Gasteiger partial charge in [-0.05, 0) is 39.0 Å². The fourth-order valence-electron chi connectivity index (χ4n) is 4.21. The number of esters is 2. The zero-order chi connectivity index (χ0) is 31.5. The Hall–Kier alpha value is -3.14. The number of nitrogens with zero attached hydrogens (tertiary/aromatic N) is 1. The van der Waals surface area contributed by atoms with Crippen LogP contribution in [0.15, 0.2) is 12.3 Å². The van der Waals surface area contributed by atoms with E-state index in [1.165, 1.54) is 26.3 Å². The SMILES string of the molecule is COc1ccnc(C(=O)N[C@H]2CCC[C@H](OCCCC(F)(F)F)[C@@H](OCCCC(F)(F)F)[C@H](C)OC2=O)c1OC(C)=O. The van der Waals surface area contributed by atoms with Gasteiger partial charge in [-0.3, -0.25) is 9.59 Å². The van der Waals surface area contributed by atoms with E-state index in [1.807, 2.05) is 0 Å². The molecule has 0 spiro atoms. The van der Waals surface area contributed by atoms with Gasteiger partial charge in [0, 0.05) is 45.2 Å². The highest BCUT2D eigenvalue weighted by molar-refractivity contribution is 5.98.